The third-order valence-corrected chi connectivity index (χ3v) is 4.12. The second-order valence-electron chi connectivity index (χ2n) is 6.16. The minimum atomic E-state index is 0.289. The minimum Gasteiger partial charge on any atom is -0.314 e. The van der Waals surface area contributed by atoms with Crippen LogP contribution in [0.5, 0.6) is 0 Å². The lowest BCUT2D eigenvalue weighted by atomic mass is 9.98. The van der Waals surface area contributed by atoms with Gasteiger partial charge in [0, 0.05) is 31.7 Å². The van der Waals surface area contributed by atoms with E-state index in [-0.39, 0.29) is 5.54 Å². The molecule has 100 valence electrons. The van der Waals surface area contributed by atoms with Crippen LogP contribution in [-0.2, 0) is 6.42 Å². The topological polar surface area (TPSA) is 15.3 Å². The van der Waals surface area contributed by atoms with E-state index in [1.54, 1.807) is 0 Å². The lowest BCUT2D eigenvalue weighted by molar-refractivity contribution is 0.0921. The van der Waals surface area contributed by atoms with Gasteiger partial charge in [0.15, 0.2) is 0 Å². The zero-order chi connectivity index (χ0) is 13.2. The number of hydrogen-bond acceptors (Lipinski definition) is 2. The van der Waals surface area contributed by atoms with Crippen LogP contribution in [0.15, 0.2) is 18.2 Å². The van der Waals surface area contributed by atoms with Crippen molar-refractivity contribution in [2.75, 3.05) is 26.2 Å². The molecule has 1 aromatic carbocycles. The Labute approximate surface area is 111 Å². The van der Waals surface area contributed by atoms with Crippen LogP contribution in [0.25, 0.3) is 0 Å². The summed E-state index contributed by atoms with van der Waals surface area (Å²) < 4.78 is 0. The fourth-order valence-corrected chi connectivity index (χ4v) is 2.82. The molecule has 2 nitrogen and oxygen atoms in total. The highest BCUT2D eigenvalue weighted by atomic mass is 15.2. The van der Waals surface area contributed by atoms with Gasteiger partial charge >= 0.3 is 0 Å². The molecular formula is C16H26N2. The summed E-state index contributed by atoms with van der Waals surface area (Å²) >= 11 is 0. The van der Waals surface area contributed by atoms with Crippen molar-refractivity contribution in [1.29, 1.82) is 0 Å². The molecule has 0 unspecified atom stereocenters. The predicted octanol–water partition coefficient (Wildman–Crippen LogP) is 2.53. The summed E-state index contributed by atoms with van der Waals surface area (Å²) in [6.07, 6.45) is 1.16. The third-order valence-electron chi connectivity index (χ3n) is 4.12. The van der Waals surface area contributed by atoms with Crippen molar-refractivity contribution in [2.45, 2.75) is 39.7 Å². The van der Waals surface area contributed by atoms with Gasteiger partial charge in [-0.25, -0.2) is 0 Å². The number of rotatable bonds is 3. The Balaban J connectivity index is 1.98. The van der Waals surface area contributed by atoms with E-state index in [2.05, 4.69) is 56.1 Å². The van der Waals surface area contributed by atoms with Crippen LogP contribution in [0.3, 0.4) is 0 Å². The van der Waals surface area contributed by atoms with Crippen molar-refractivity contribution in [3.8, 4) is 0 Å². The van der Waals surface area contributed by atoms with Gasteiger partial charge in [-0.15, -0.1) is 0 Å². The van der Waals surface area contributed by atoms with Crippen LogP contribution in [0, 0.1) is 13.8 Å². The maximum Gasteiger partial charge on any atom is 0.0278 e. The van der Waals surface area contributed by atoms with Gasteiger partial charge in [0.1, 0.15) is 0 Å². The van der Waals surface area contributed by atoms with Gasteiger partial charge < -0.3 is 5.32 Å². The summed E-state index contributed by atoms with van der Waals surface area (Å²) in [5.41, 5.74) is 4.58. The van der Waals surface area contributed by atoms with Crippen LogP contribution in [0.1, 0.15) is 30.5 Å². The fourth-order valence-electron chi connectivity index (χ4n) is 2.82. The summed E-state index contributed by atoms with van der Waals surface area (Å²) in [5, 5.41) is 3.48. The lowest BCUT2D eigenvalue weighted by Crippen LogP contribution is -2.58. The molecule has 1 aliphatic rings. The van der Waals surface area contributed by atoms with Crippen molar-refractivity contribution in [3.05, 3.63) is 34.9 Å². The van der Waals surface area contributed by atoms with Crippen molar-refractivity contribution in [2.24, 2.45) is 0 Å². The highest BCUT2D eigenvalue weighted by Gasteiger charge is 2.28. The van der Waals surface area contributed by atoms with Gasteiger partial charge in [0.25, 0.3) is 0 Å². The van der Waals surface area contributed by atoms with Crippen molar-refractivity contribution < 1.29 is 0 Å². The van der Waals surface area contributed by atoms with Crippen LogP contribution < -0.4 is 5.32 Å². The standard InChI is InChI=1S/C16H26N2/c1-13-5-6-15(14(2)11-13)7-9-18-10-8-17-12-16(18,3)4/h5-6,11,17H,7-10,12H2,1-4H3. The molecule has 0 bridgehead atoms. The molecule has 1 fully saturated rings. The van der Waals surface area contributed by atoms with Crippen molar-refractivity contribution in [3.63, 3.8) is 0 Å². The Morgan fingerprint density at radius 3 is 2.72 bits per heavy atom. The molecule has 0 saturated carbocycles. The minimum absolute atomic E-state index is 0.289. The fraction of sp³-hybridized carbons (Fsp3) is 0.625. The van der Waals surface area contributed by atoms with E-state index < -0.39 is 0 Å². The maximum absolute atomic E-state index is 3.48. The smallest absolute Gasteiger partial charge is 0.0278 e. The van der Waals surface area contributed by atoms with E-state index >= 15 is 0 Å². The van der Waals surface area contributed by atoms with Crippen molar-refractivity contribution in [1.82, 2.24) is 10.2 Å². The molecule has 0 atom stereocenters. The molecule has 1 N–H and O–H groups in total. The second kappa shape index (κ2) is 5.41. The first kappa shape index (κ1) is 13.6. The molecule has 2 heteroatoms. The number of hydrogen-bond donors (Lipinski definition) is 1. The van der Waals surface area contributed by atoms with E-state index in [9.17, 15) is 0 Å². The van der Waals surface area contributed by atoms with E-state index in [1.165, 1.54) is 23.2 Å². The highest BCUT2D eigenvalue weighted by Crippen LogP contribution is 2.18. The van der Waals surface area contributed by atoms with E-state index in [0.29, 0.717) is 0 Å². The predicted molar refractivity (Wildman–Crippen MR) is 78.1 cm³/mol. The Kier molecular flexibility index (Phi) is 4.08. The van der Waals surface area contributed by atoms with Gasteiger partial charge in [-0.05, 0) is 45.2 Å². The van der Waals surface area contributed by atoms with Gasteiger partial charge in [-0.3, -0.25) is 4.90 Å². The number of nitrogens with zero attached hydrogens (tertiary/aromatic N) is 1. The van der Waals surface area contributed by atoms with Gasteiger partial charge in [0.05, 0.1) is 0 Å². The first-order valence-corrected chi connectivity index (χ1v) is 7.01. The quantitative estimate of drug-likeness (QED) is 0.881. The Bertz CT molecular complexity index is 410. The molecule has 0 spiro atoms. The molecule has 1 saturated heterocycles. The molecule has 1 heterocycles. The summed E-state index contributed by atoms with van der Waals surface area (Å²) in [7, 11) is 0. The molecule has 0 radical (unpaired) electrons. The number of benzene rings is 1. The van der Waals surface area contributed by atoms with Crippen LogP contribution in [0.2, 0.25) is 0 Å². The van der Waals surface area contributed by atoms with Gasteiger partial charge in [-0.1, -0.05) is 23.8 Å². The maximum atomic E-state index is 3.48. The molecule has 0 amide bonds. The summed E-state index contributed by atoms with van der Waals surface area (Å²) in [5.74, 6) is 0. The molecule has 18 heavy (non-hydrogen) atoms. The first-order valence-electron chi connectivity index (χ1n) is 7.01. The summed E-state index contributed by atoms with van der Waals surface area (Å²) in [6, 6.07) is 6.81. The van der Waals surface area contributed by atoms with Crippen LogP contribution >= 0.6 is 0 Å². The Morgan fingerprint density at radius 1 is 1.28 bits per heavy atom. The Hall–Kier alpha value is -0.860. The number of aryl methyl sites for hydroxylation is 2. The zero-order valence-electron chi connectivity index (χ0n) is 12.2. The SMILES string of the molecule is Cc1ccc(CCN2CCNCC2(C)C)c(C)c1. The van der Waals surface area contributed by atoms with Crippen LogP contribution in [0.4, 0.5) is 0 Å². The lowest BCUT2D eigenvalue weighted by Gasteiger charge is -2.43. The van der Waals surface area contributed by atoms with Gasteiger partial charge in [0.2, 0.25) is 0 Å². The third kappa shape index (κ3) is 3.12. The number of piperazine rings is 1. The van der Waals surface area contributed by atoms with Crippen molar-refractivity contribution >= 4 is 0 Å². The average Bonchev–Trinajstić information content (AvgIpc) is 2.29. The molecule has 0 aromatic heterocycles. The van der Waals surface area contributed by atoms with E-state index in [4.69, 9.17) is 0 Å². The number of nitrogens with one attached hydrogen (secondary N) is 1. The van der Waals surface area contributed by atoms with E-state index in [1.807, 2.05) is 0 Å². The average molecular weight is 246 g/mol. The van der Waals surface area contributed by atoms with Crippen LogP contribution in [-0.4, -0.2) is 36.6 Å². The monoisotopic (exact) mass is 246 g/mol. The molecule has 1 aromatic rings. The molecule has 2 rings (SSSR count). The normalized spacial score (nSPS) is 20.0. The summed E-state index contributed by atoms with van der Waals surface area (Å²) in [6.45, 7) is 13.6. The second-order valence-corrected chi connectivity index (χ2v) is 6.16. The first-order chi connectivity index (χ1) is 8.49. The zero-order valence-corrected chi connectivity index (χ0v) is 12.2. The van der Waals surface area contributed by atoms with Gasteiger partial charge in [-0.2, -0.15) is 0 Å². The largest absolute Gasteiger partial charge is 0.314 e. The summed E-state index contributed by atoms with van der Waals surface area (Å²) in [4.78, 5) is 2.61. The molecular weight excluding hydrogens is 220 g/mol. The van der Waals surface area contributed by atoms with E-state index in [0.717, 1.165) is 26.1 Å². The molecule has 1 aliphatic heterocycles. The molecule has 0 aliphatic carbocycles. The Morgan fingerprint density at radius 2 is 2.06 bits per heavy atom. The highest BCUT2D eigenvalue weighted by molar-refractivity contribution is 5.30.